The van der Waals surface area contributed by atoms with Gasteiger partial charge in [-0.25, -0.2) is 9.48 Å². The van der Waals surface area contributed by atoms with E-state index < -0.39 is 0 Å². The first-order valence-corrected chi connectivity index (χ1v) is 4.34. The van der Waals surface area contributed by atoms with E-state index in [0.29, 0.717) is 0 Å². The van der Waals surface area contributed by atoms with Gasteiger partial charge >= 0.3 is 5.69 Å². The number of aromatic nitrogens is 3. The predicted octanol–water partition coefficient (Wildman–Crippen LogP) is 0.772. The van der Waals surface area contributed by atoms with Crippen LogP contribution < -0.4 is 5.69 Å². The minimum atomic E-state index is -0.0221. The van der Waals surface area contributed by atoms with E-state index in [2.05, 4.69) is 12.0 Å². The minimum absolute atomic E-state index is 0.0221. The molecule has 4 heteroatoms. The molecule has 0 atom stereocenters. The van der Waals surface area contributed by atoms with E-state index >= 15 is 0 Å². The summed E-state index contributed by atoms with van der Waals surface area (Å²) in [6, 6.07) is 0. The van der Waals surface area contributed by atoms with E-state index in [4.69, 9.17) is 0 Å². The zero-order valence-corrected chi connectivity index (χ0v) is 7.66. The molecule has 0 N–H and O–H groups in total. The Kier molecular flexibility index (Phi) is 3.08. The standard InChI is InChI=1S/C8H15N3O/c1-3-4-5-6-11-8(12)10(2)7-9-11/h7H,3-6H2,1-2H3. The van der Waals surface area contributed by atoms with Crippen LogP contribution in [0.3, 0.4) is 0 Å². The number of hydrogen-bond donors (Lipinski definition) is 0. The maximum atomic E-state index is 11.2. The van der Waals surface area contributed by atoms with Gasteiger partial charge in [-0.2, -0.15) is 5.10 Å². The van der Waals surface area contributed by atoms with Gasteiger partial charge in [0.25, 0.3) is 0 Å². The van der Waals surface area contributed by atoms with Crippen LogP contribution in [0.4, 0.5) is 0 Å². The summed E-state index contributed by atoms with van der Waals surface area (Å²) in [5, 5.41) is 3.95. The number of unbranched alkanes of at least 4 members (excludes halogenated alkanes) is 2. The summed E-state index contributed by atoms with van der Waals surface area (Å²) in [4.78, 5) is 11.2. The van der Waals surface area contributed by atoms with Gasteiger partial charge in [0.05, 0.1) is 0 Å². The molecule has 0 amide bonds. The van der Waals surface area contributed by atoms with Gasteiger partial charge in [0.2, 0.25) is 0 Å². The van der Waals surface area contributed by atoms with Gasteiger partial charge < -0.3 is 0 Å². The van der Waals surface area contributed by atoms with Crippen molar-refractivity contribution >= 4 is 0 Å². The van der Waals surface area contributed by atoms with E-state index in [1.54, 1.807) is 13.4 Å². The van der Waals surface area contributed by atoms with Gasteiger partial charge in [-0.1, -0.05) is 19.8 Å². The molecule has 0 bridgehead atoms. The van der Waals surface area contributed by atoms with Gasteiger partial charge in [0.1, 0.15) is 6.33 Å². The van der Waals surface area contributed by atoms with E-state index in [9.17, 15) is 4.79 Å². The lowest BCUT2D eigenvalue weighted by Crippen LogP contribution is -2.22. The van der Waals surface area contributed by atoms with E-state index in [-0.39, 0.29) is 5.69 Å². The summed E-state index contributed by atoms with van der Waals surface area (Å²) in [6.45, 7) is 2.88. The van der Waals surface area contributed by atoms with Crippen molar-refractivity contribution in [1.29, 1.82) is 0 Å². The number of aryl methyl sites for hydroxylation is 2. The van der Waals surface area contributed by atoms with Crippen LogP contribution in [-0.4, -0.2) is 14.3 Å². The Morgan fingerprint density at radius 1 is 1.50 bits per heavy atom. The molecule has 0 aliphatic carbocycles. The molecule has 4 nitrogen and oxygen atoms in total. The first-order chi connectivity index (χ1) is 5.75. The summed E-state index contributed by atoms with van der Waals surface area (Å²) in [7, 11) is 1.71. The Morgan fingerprint density at radius 2 is 2.25 bits per heavy atom. The van der Waals surface area contributed by atoms with E-state index in [1.165, 1.54) is 15.7 Å². The van der Waals surface area contributed by atoms with Gasteiger partial charge in [0.15, 0.2) is 0 Å². The molecule has 0 fully saturated rings. The quantitative estimate of drug-likeness (QED) is 0.625. The lowest BCUT2D eigenvalue weighted by atomic mass is 10.2. The van der Waals surface area contributed by atoms with Crippen LogP contribution in [-0.2, 0) is 13.6 Å². The summed E-state index contributed by atoms with van der Waals surface area (Å²) in [6.07, 6.45) is 4.91. The van der Waals surface area contributed by atoms with Crippen LogP contribution >= 0.6 is 0 Å². The van der Waals surface area contributed by atoms with Crippen molar-refractivity contribution in [2.75, 3.05) is 0 Å². The molecule has 0 spiro atoms. The molecule has 0 aromatic carbocycles. The Bertz CT molecular complexity index is 287. The lowest BCUT2D eigenvalue weighted by molar-refractivity contribution is 0.533. The summed E-state index contributed by atoms with van der Waals surface area (Å²) < 4.78 is 3.00. The molecule has 0 unspecified atom stereocenters. The molecule has 68 valence electrons. The van der Waals surface area contributed by atoms with Crippen molar-refractivity contribution < 1.29 is 0 Å². The predicted molar refractivity (Wildman–Crippen MR) is 47.0 cm³/mol. The van der Waals surface area contributed by atoms with Crippen molar-refractivity contribution in [3.8, 4) is 0 Å². The Hall–Kier alpha value is -1.06. The van der Waals surface area contributed by atoms with Crippen molar-refractivity contribution in [2.24, 2.45) is 7.05 Å². The third kappa shape index (κ3) is 1.96. The zero-order chi connectivity index (χ0) is 8.97. The third-order valence-electron chi connectivity index (χ3n) is 1.86. The maximum Gasteiger partial charge on any atom is 0.345 e. The molecule has 1 heterocycles. The molecule has 0 aliphatic rings. The van der Waals surface area contributed by atoms with Crippen LogP contribution in [0.1, 0.15) is 26.2 Å². The smallest absolute Gasteiger partial charge is 0.285 e. The van der Waals surface area contributed by atoms with Crippen LogP contribution in [0.5, 0.6) is 0 Å². The average molecular weight is 169 g/mol. The highest BCUT2D eigenvalue weighted by Crippen LogP contribution is 1.94. The molecule has 1 rings (SSSR count). The van der Waals surface area contributed by atoms with Gasteiger partial charge in [-0.05, 0) is 6.42 Å². The molecule has 1 aromatic rings. The fraction of sp³-hybridized carbons (Fsp3) is 0.750. The first kappa shape index (κ1) is 9.03. The second-order valence-electron chi connectivity index (χ2n) is 2.95. The van der Waals surface area contributed by atoms with Crippen molar-refractivity contribution in [3.63, 3.8) is 0 Å². The topological polar surface area (TPSA) is 39.8 Å². The highest BCUT2D eigenvalue weighted by atomic mass is 16.2. The minimum Gasteiger partial charge on any atom is -0.285 e. The molecular formula is C8H15N3O. The normalized spacial score (nSPS) is 10.5. The highest BCUT2D eigenvalue weighted by Gasteiger charge is 1.99. The second kappa shape index (κ2) is 4.09. The number of rotatable bonds is 4. The highest BCUT2D eigenvalue weighted by molar-refractivity contribution is 4.64. The lowest BCUT2D eigenvalue weighted by Gasteiger charge is -1.96. The van der Waals surface area contributed by atoms with Crippen molar-refractivity contribution in [2.45, 2.75) is 32.7 Å². The summed E-state index contributed by atoms with van der Waals surface area (Å²) in [5.74, 6) is 0. The van der Waals surface area contributed by atoms with Gasteiger partial charge in [0, 0.05) is 13.6 Å². The Labute approximate surface area is 71.8 Å². The molecular weight excluding hydrogens is 154 g/mol. The zero-order valence-electron chi connectivity index (χ0n) is 7.66. The molecule has 0 radical (unpaired) electrons. The van der Waals surface area contributed by atoms with E-state index in [0.717, 1.165) is 19.4 Å². The summed E-state index contributed by atoms with van der Waals surface area (Å²) >= 11 is 0. The number of nitrogens with zero attached hydrogens (tertiary/aromatic N) is 3. The number of hydrogen-bond acceptors (Lipinski definition) is 2. The average Bonchev–Trinajstić information content (AvgIpc) is 2.36. The van der Waals surface area contributed by atoms with Gasteiger partial charge in [-0.15, -0.1) is 0 Å². The molecule has 0 saturated carbocycles. The molecule has 0 saturated heterocycles. The maximum absolute atomic E-state index is 11.2. The van der Waals surface area contributed by atoms with Crippen molar-refractivity contribution in [3.05, 3.63) is 16.8 Å². The molecule has 12 heavy (non-hydrogen) atoms. The second-order valence-corrected chi connectivity index (χ2v) is 2.95. The fourth-order valence-corrected chi connectivity index (χ4v) is 1.09. The Balaban J connectivity index is 2.52. The summed E-state index contributed by atoms with van der Waals surface area (Å²) in [5.41, 5.74) is -0.0221. The first-order valence-electron chi connectivity index (χ1n) is 4.34. The van der Waals surface area contributed by atoms with Crippen molar-refractivity contribution in [1.82, 2.24) is 14.3 Å². The van der Waals surface area contributed by atoms with Crippen LogP contribution in [0.25, 0.3) is 0 Å². The fourth-order valence-electron chi connectivity index (χ4n) is 1.09. The Morgan fingerprint density at radius 3 is 2.75 bits per heavy atom. The molecule has 0 aliphatic heterocycles. The van der Waals surface area contributed by atoms with E-state index in [1.807, 2.05) is 0 Å². The largest absolute Gasteiger partial charge is 0.345 e. The third-order valence-corrected chi connectivity index (χ3v) is 1.86. The monoisotopic (exact) mass is 169 g/mol. The SMILES string of the molecule is CCCCCn1ncn(C)c1=O. The molecule has 1 aromatic heterocycles. The van der Waals surface area contributed by atoms with Crippen LogP contribution in [0.2, 0.25) is 0 Å². The van der Waals surface area contributed by atoms with Crippen LogP contribution in [0, 0.1) is 0 Å². The van der Waals surface area contributed by atoms with Crippen LogP contribution in [0.15, 0.2) is 11.1 Å². The van der Waals surface area contributed by atoms with Gasteiger partial charge in [-0.3, -0.25) is 4.57 Å².